The maximum Gasteiger partial charge on any atom is 0.131 e. The quantitative estimate of drug-likeness (QED) is 0.759. The third-order valence-electron chi connectivity index (χ3n) is 2.78. The summed E-state index contributed by atoms with van der Waals surface area (Å²) in [5.41, 5.74) is 3.97. The molecule has 2 heteroatoms. The van der Waals surface area contributed by atoms with E-state index in [9.17, 15) is 4.79 Å². The van der Waals surface area contributed by atoms with Gasteiger partial charge in [-0.05, 0) is 38.9 Å². The Labute approximate surface area is 98.3 Å². The summed E-state index contributed by atoms with van der Waals surface area (Å²) in [4.78, 5) is 13.1. The largest absolute Gasteiger partial charge is 0.302 e. The minimum absolute atomic E-state index is 0.257. The highest BCUT2D eigenvalue weighted by Gasteiger charge is 2.04. The van der Waals surface area contributed by atoms with Crippen LogP contribution in [0.25, 0.3) is 0 Å². The van der Waals surface area contributed by atoms with Crippen molar-refractivity contribution in [2.45, 2.75) is 33.7 Å². The Hall–Kier alpha value is -1.15. The van der Waals surface area contributed by atoms with Crippen molar-refractivity contribution in [3.63, 3.8) is 0 Å². The zero-order chi connectivity index (χ0) is 12.1. The van der Waals surface area contributed by atoms with Crippen molar-refractivity contribution in [3.8, 4) is 0 Å². The van der Waals surface area contributed by atoms with E-state index in [1.807, 2.05) is 0 Å². The van der Waals surface area contributed by atoms with Crippen LogP contribution in [0, 0.1) is 13.8 Å². The molecule has 88 valence electrons. The van der Waals surface area contributed by atoms with Crippen LogP contribution in [0.3, 0.4) is 0 Å². The number of hydrogen-bond donors (Lipinski definition) is 0. The Morgan fingerprint density at radius 3 is 2.56 bits per heavy atom. The molecule has 0 unspecified atom stereocenters. The van der Waals surface area contributed by atoms with Crippen molar-refractivity contribution >= 4 is 5.78 Å². The number of carbonyl (C=O) groups excluding carboxylic acids is 1. The lowest BCUT2D eigenvalue weighted by molar-refractivity contribution is -0.117. The first-order chi connectivity index (χ1) is 7.49. The fourth-order valence-electron chi connectivity index (χ4n) is 1.74. The molecule has 0 fully saturated rings. The molecule has 0 bridgehead atoms. The Kier molecular flexibility index (Phi) is 4.69. The Balaban J connectivity index is 2.55. The molecule has 1 rings (SSSR count). The number of rotatable bonds is 5. The minimum atomic E-state index is 0.257. The zero-order valence-electron chi connectivity index (χ0n) is 10.7. The third kappa shape index (κ3) is 4.15. The average Bonchev–Trinajstić information content (AvgIpc) is 2.19. The summed E-state index contributed by atoms with van der Waals surface area (Å²) in [6.07, 6.45) is 0.640. The molecule has 0 aliphatic heterocycles. The Morgan fingerprint density at radius 2 is 2.00 bits per heavy atom. The fraction of sp³-hybridized carbons (Fsp3) is 0.500. The number of aryl methyl sites for hydroxylation is 2. The second kappa shape index (κ2) is 5.80. The first-order valence-corrected chi connectivity index (χ1v) is 5.73. The standard InChI is InChI=1S/C14H21NO/c1-11-5-6-14(12(2)9-11)10-15(4)8-7-13(3)16/h5-6,9H,7-8,10H2,1-4H3. The molecule has 0 amide bonds. The van der Waals surface area contributed by atoms with Crippen molar-refractivity contribution in [2.24, 2.45) is 0 Å². The highest BCUT2D eigenvalue weighted by molar-refractivity contribution is 5.75. The highest BCUT2D eigenvalue weighted by Crippen LogP contribution is 2.12. The van der Waals surface area contributed by atoms with Crippen LogP contribution in [0.15, 0.2) is 18.2 Å². The van der Waals surface area contributed by atoms with Crippen LogP contribution in [-0.2, 0) is 11.3 Å². The molecule has 2 nitrogen and oxygen atoms in total. The molecule has 1 aromatic rings. The molecule has 0 saturated heterocycles. The molecule has 1 aromatic carbocycles. The normalized spacial score (nSPS) is 10.8. The van der Waals surface area contributed by atoms with Crippen molar-refractivity contribution in [1.29, 1.82) is 0 Å². The van der Waals surface area contributed by atoms with Crippen LogP contribution < -0.4 is 0 Å². The Bertz CT molecular complexity index is 371. The average molecular weight is 219 g/mol. The van der Waals surface area contributed by atoms with Gasteiger partial charge in [0.2, 0.25) is 0 Å². The first-order valence-electron chi connectivity index (χ1n) is 5.73. The van der Waals surface area contributed by atoms with Crippen LogP contribution >= 0.6 is 0 Å². The topological polar surface area (TPSA) is 20.3 Å². The maximum absolute atomic E-state index is 10.9. The summed E-state index contributed by atoms with van der Waals surface area (Å²) in [5, 5.41) is 0. The molecule has 0 saturated carbocycles. The van der Waals surface area contributed by atoms with E-state index in [1.165, 1.54) is 16.7 Å². The van der Waals surface area contributed by atoms with E-state index in [4.69, 9.17) is 0 Å². The van der Waals surface area contributed by atoms with E-state index in [-0.39, 0.29) is 5.78 Å². The van der Waals surface area contributed by atoms with Gasteiger partial charge in [-0.15, -0.1) is 0 Å². The van der Waals surface area contributed by atoms with Gasteiger partial charge in [0.05, 0.1) is 0 Å². The minimum Gasteiger partial charge on any atom is -0.302 e. The van der Waals surface area contributed by atoms with Crippen LogP contribution in [0.2, 0.25) is 0 Å². The Morgan fingerprint density at radius 1 is 1.31 bits per heavy atom. The molecule has 16 heavy (non-hydrogen) atoms. The SMILES string of the molecule is CC(=O)CCN(C)Cc1ccc(C)cc1C. The summed E-state index contributed by atoms with van der Waals surface area (Å²) in [6, 6.07) is 6.52. The summed E-state index contributed by atoms with van der Waals surface area (Å²) in [5.74, 6) is 0.257. The predicted octanol–water partition coefficient (Wildman–Crippen LogP) is 2.71. The maximum atomic E-state index is 10.9. The van der Waals surface area contributed by atoms with Crippen molar-refractivity contribution in [2.75, 3.05) is 13.6 Å². The van der Waals surface area contributed by atoms with Crippen LogP contribution in [-0.4, -0.2) is 24.3 Å². The molecule has 0 spiro atoms. The number of ketones is 1. The first kappa shape index (κ1) is 12.9. The van der Waals surface area contributed by atoms with E-state index in [2.05, 4.69) is 44.0 Å². The van der Waals surface area contributed by atoms with E-state index < -0.39 is 0 Å². The predicted molar refractivity (Wildman–Crippen MR) is 67.5 cm³/mol. The highest BCUT2D eigenvalue weighted by atomic mass is 16.1. The van der Waals surface area contributed by atoms with E-state index in [0.717, 1.165) is 13.1 Å². The fourth-order valence-corrected chi connectivity index (χ4v) is 1.74. The van der Waals surface area contributed by atoms with Crippen LogP contribution in [0.5, 0.6) is 0 Å². The monoisotopic (exact) mass is 219 g/mol. The molecular weight excluding hydrogens is 198 g/mol. The van der Waals surface area contributed by atoms with Gasteiger partial charge in [0, 0.05) is 19.5 Å². The lowest BCUT2D eigenvalue weighted by Crippen LogP contribution is -2.21. The number of Topliss-reactive ketones (excluding diaryl/α,β-unsaturated/α-hetero) is 1. The number of benzene rings is 1. The molecule has 0 radical (unpaired) electrons. The molecule has 0 atom stereocenters. The third-order valence-corrected chi connectivity index (χ3v) is 2.78. The molecule has 0 aliphatic rings. The van der Waals surface area contributed by atoms with Crippen LogP contribution in [0.4, 0.5) is 0 Å². The van der Waals surface area contributed by atoms with Gasteiger partial charge < -0.3 is 4.90 Å². The number of carbonyl (C=O) groups is 1. The van der Waals surface area contributed by atoms with Crippen molar-refractivity contribution in [1.82, 2.24) is 4.90 Å². The van der Waals surface area contributed by atoms with Gasteiger partial charge in [0.1, 0.15) is 5.78 Å². The van der Waals surface area contributed by atoms with Gasteiger partial charge in [-0.3, -0.25) is 4.79 Å². The van der Waals surface area contributed by atoms with E-state index in [0.29, 0.717) is 6.42 Å². The molecular formula is C14H21NO. The second-order valence-corrected chi connectivity index (χ2v) is 4.62. The summed E-state index contributed by atoms with van der Waals surface area (Å²) in [6.45, 7) is 7.64. The molecule has 0 aliphatic carbocycles. The van der Waals surface area contributed by atoms with Gasteiger partial charge in [-0.25, -0.2) is 0 Å². The summed E-state index contributed by atoms with van der Waals surface area (Å²) >= 11 is 0. The zero-order valence-corrected chi connectivity index (χ0v) is 10.7. The van der Waals surface area contributed by atoms with Gasteiger partial charge in [-0.1, -0.05) is 23.8 Å². The number of nitrogens with zero attached hydrogens (tertiary/aromatic N) is 1. The number of hydrogen-bond acceptors (Lipinski definition) is 2. The second-order valence-electron chi connectivity index (χ2n) is 4.62. The van der Waals surface area contributed by atoms with Gasteiger partial charge in [-0.2, -0.15) is 0 Å². The molecule has 0 aromatic heterocycles. The smallest absolute Gasteiger partial charge is 0.131 e. The lowest BCUT2D eigenvalue weighted by Gasteiger charge is -2.17. The molecule has 0 heterocycles. The van der Waals surface area contributed by atoms with Crippen molar-refractivity contribution in [3.05, 3.63) is 34.9 Å². The molecule has 0 N–H and O–H groups in total. The van der Waals surface area contributed by atoms with Crippen LogP contribution in [0.1, 0.15) is 30.0 Å². The van der Waals surface area contributed by atoms with Gasteiger partial charge >= 0.3 is 0 Å². The summed E-state index contributed by atoms with van der Waals surface area (Å²) in [7, 11) is 2.06. The van der Waals surface area contributed by atoms with Gasteiger partial charge in [0.15, 0.2) is 0 Å². The van der Waals surface area contributed by atoms with Crippen molar-refractivity contribution < 1.29 is 4.79 Å². The van der Waals surface area contributed by atoms with Gasteiger partial charge in [0.25, 0.3) is 0 Å². The van der Waals surface area contributed by atoms with E-state index in [1.54, 1.807) is 6.92 Å². The van der Waals surface area contributed by atoms with E-state index >= 15 is 0 Å². The lowest BCUT2D eigenvalue weighted by atomic mass is 10.1. The summed E-state index contributed by atoms with van der Waals surface area (Å²) < 4.78 is 0.